The van der Waals surface area contributed by atoms with Crippen molar-refractivity contribution in [1.82, 2.24) is 5.43 Å². The van der Waals surface area contributed by atoms with Crippen LogP contribution >= 0.6 is 11.8 Å². The summed E-state index contributed by atoms with van der Waals surface area (Å²) >= 11 is 1.38. The predicted octanol–water partition coefficient (Wildman–Crippen LogP) is 4.64. The van der Waals surface area contributed by atoms with E-state index >= 15 is 0 Å². The fourth-order valence-electron chi connectivity index (χ4n) is 1.93. The molecule has 1 atom stereocenters. The summed E-state index contributed by atoms with van der Waals surface area (Å²) in [5.41, 5.74) is 2.98. The summed E-state index contributed by atoms with van der Waals surface area (Å²) in [6.07, 6.45) is -3.22. The number of rotatable bonds is 5. The Morgan fingerprint density at radius 1 is 1.20 bits per heavy atom. The summed E-state index contributed by atoms with van der Waals surface area (Å²) in [5, 5.41) is 3.35. The number of nitrogens with zero attached hydrogens (tertiary/aromatic N) is 1. The van der Waals surface area contributed by atoms with Gasteiger partial charge >= 0.3 is 6.18 Å². The first-order valence-electron chi connectivity index (χ1n) is 7.49. The van der Waals surface area contributed by atoms with E-state index in [1.54, 1.807) is 6.92 Å². The minimum Gasteiger partial charge on any atom is -0.272 e. The molecule has 2 aromatic rings. The number of thioether (sulfide) groups is 1. The van der Waals surface area contributed by atoms with Crippen LogP contribution in [0.15, 0.2) is 58.5 Å². The van der Waals surface area contributed by atoms with Gasteiger partial charge < -0.3 is 0 Å². The summed E-state index contributed by atoms with van der Waals surface area (Å²) in [4.78, 5) is 13.0. The molecule has 0 unspecified atom stereocenters. The van der Waals surface area contributed by atoms with Crippen molar-refractivity contribution in [3.63, 3.8) is 0 Å². The molecule has 1 N–H and O–H groups in total. The van der Waals surface area contributed by atoms with Crippen LogP contribution in [-0.2, 0) is 11.0 Å². The Bertz CT molecular complexity index is 758. The minimum absolute atomic E-state index is 0.258. The Morgan fingerprint density at radius 2 is 1.88 bits per heavy atom. The molecule has 0 aliphatic heterocycles. The largest absolute Gasteiger partial charge is 0.416 e. The third-order valence-corrected chi connectivity index (χ3v) is 4.42. The molecule has 0 fully saturated rings. The van der Waals surface area contributed by atoms with Gasteiger partial charge in [-0.15, -0.1) is 11.8 Å². The molecule has 0 aromatic heterocycles. The number of carbonyl (C=O) groups is 1. The molecule has 0 saturated heterocycles. The van der Waals surface area contributed by atoms with E-state index in [9.17, 15) is 18.0 Å². The van der Waals surface area contributed by atoms with Crippen molar-refractivity contribution in [2.24, 2.45) is 5.10 Å². The SMILES string of the molecule is Cc1ccc(S[C@H](C)C(=O)N/N=C\c2cccc(C(F)(F)F)c2)cc1. The van der Waals surface area contributed by atoms with E-state index in [1.807, 2.05) is 31.2 Å². The fraction of sp³-hybridized carbons (Fsp3) is 0.222. The molecule has 1 amide bonds. The van der Waals surface area contributed by atoms with Crippen LogP contribution in [0.25, 0.3) is 0 Å². The van der Waals surface area contributed by atoms with E-state index in [1.165, 1.54) is 30.1 Å². The Labute approximate surface area is 148 Å². The fourth-order valence-corrected chi connectivity index (χ4v) is 2.79. The van der Waals surface area contributed by atoms with Crippen molar-refractivity contribution in [1.29, 1.82) is 0 Å². The zero-order valence-corrected chi connectivity index (χ0v) is 14.5. The number of benzene rings is 2. The number of carbonyl (C=O) groups excluding carboxylic acids is 1. The normalized spacial score (nSPS) is 13.0. The van der Waals surface area contributed by atoms with Gasteiger partial charge in [0.05, 0.1) is 17.0 Å². The Balaban J connectivity index is 1.92. The van der Waals surface area contributed by atoms with Crippen LogP contribution < -0.4 is 5.43 Å². The third kappa shape index (κ3) is 5.94. The van der Waals surface area contributed by atoms with Crippen molar-refractivity contribution in [3.05, 3.63) is 65.2 Å². The highest BCUT2D eigenvalue weighted by Gasteiger charge is 2.30. The first-order valence-corrected chi connectivity index (χ1v) is 8.37. The maximum absolute atomic E-state index is 12.6. The van der Waals surface area contributed by atoms with E-state index in [0.717, 1.165) is 22.6 Å². The van der Waals surface area contributed by atoms with Crippen LogP contribution in [0, 0.1) is 6.92 Å². The number of hydrogen-bond donors (Lipinski definition) is 1. The molecule has 0 aliphatic carbocycles. The summed E-state index contributed by atoms with van der Waals surface area (Å²) in [6.45, 7) is 3.72. The van der Waals surface area contributed by atoms with Crippen molar-refractivity contribution in [3.8, 4) is 0 Å². The minimum atomic E-state index is -4.41. The maximum atomic E-state index is 12.6. The van der Waals surface area contributed by atoms with Crippen molar-refractivity contribution >= 4 is 23.9 Å². The number of aryl methyl sites for hydroxylation is 1. The number of hydrogen-bond acceptors (Lipinski definition) is 3. The predicted molar refractivity (Wildman–Crippen MR) is 93.7 cm³/mol. The van der Waals surface area contributed by atoms with Crippen LogP contribution in [0.2, 0.25) is 0 Å². The molecule has 0 aliphatic rings. The molecule has 132 valence electrons. The summed E-state index contributed by atoms with van der Waals surface area (Å²) < 4.78 is 37.9. The lowest BCUT2D eigenvalue weighted by molar-refractivity contribution is -0.137. The van der Waals surface area contributed by atoms with Crippen molar-refractivity contribution < 1.29 is 18.0 Å². The second kappa shape index (κ2) is 8.20. The van der Waals surface area contributed by atoms with Crippen LogP contribution in [-0.4, -0.2) is 17.4 Å². The van der Waals surface area contributed by atoms with E-state index in [-0.39, 0.29) is 16.7 Å². The number of alkyl halides is 3. The number of halogens is 3. The van der Waals surface area contributed by atoms with Crippen molar-refractivity contribution in [2.75, 3.05) is 0 Å². The molecular formula is C18H17F3N2OS. The van der Waals surface area contributed by atoms with E-state index in [4.69, 9.17) is 0 Å². The molecule has 7 heteroatoms. The van der Waals surface area contributed by atoms with Gasteiger partial charge in [0.25, 0.3) is 5.91 Å². The first kappa shape index (κ1) is 19.1. The molecule has 0 bridgehead atoms. The third-order valence-electron chi connectivity index (χ3n) is 3.31. The van der Waals surface area contributed by atoms with Crippen molar-refractivity contribution in [2.45, 2.75) is 30.2 Å². The van der Waals surface area contributed by atoms with Gasteiger partial charge in [0.15, 0.2) is 0 Å². The quantitative estimate of drug-likeness (QED) is 0.476. The van der Waals surface area contributed by atoms with Crippen LogP contribution in [0.5, 0.6) is 0 Å². The highest BCUT2D eigenvalue weighted by Crippen LogP contribution is 2.29. The Hall–Kier alpha value is -2.28. The van der Waals surface area contributed by atoms with Gasteiger partial charge in [-0.25, -0.2) is 5.43 Å². The van der Waals surface area contributed by atoms with Gasteiger partial charge in [0.2, 0.25) is 0 Å². The van der Waals surface area contributed by atoms with Gasteiger partial charge in [-0.1, -0.05) is 29.8 Å². The maximum Gasteiger partial charge on any atom is 0.416 e. The molecule has 0 saturated carbocycles. The molecule has 0 spiro atoms. The molecule has 25 heavy (non-hydrogen) atoms. The number of amides is 1. The first-order chi connectivity index (χ1) is 11.8. The molecular weight excluding hydrogens is 349 g/mol. The van der Waals surface area contributed by atoms with E-state index < -0.39 is 11.7 Å². The summed E-state index contributed by atoms with van der Waals surface area (Å²) in [6, 6.07) is 12.5. The molecule has 3 nitrogen and oxygen atoms in total. The molecule has 0 radical (unpaired) electrons. The van der Waals surface area contributed by atoms with Gasteiger partial charge in [-0.05, 0) is 43.7 Å². The van der Waals surface area contributed by atoms with Gasteiger partial charge in [0, 0.05) is 4.90 Å². The molecule has 0 heterocycles. The average molecular weight is 366 g/mol. The topological polar surface area (TPSA) is 41.5 Å². The second-order valence-electron chi connectivity index (χ2n) is 5.43. The van der Waals surface area contributed by atoms with Gasteiger partial charge in [0.1, 0.15) is 0 Å². The van der Waals surface area contributed by atoms with E-state index in [2.05, 4.69) is 10.5 Å². The van der Waals surface area contributed by atoms with Crippen LogP contribution in [0.1, 0.15) is 23.6 Å². The lowest BCUT2D eigenvalue weighted by atomic mass is 10.1. The molecule has 2 aromatic carbocycles. The average Bonchev–Trinajstić information content (AvgIpc) is 2.56. The Morgan fingerprint density at radius 3 is 2.52 bits per heavy atom. The second-order valence-corrected chi connectivity index (χ2v) is 6.84. The zero-order valence-electron chi connectivity index (χ0n) is 13.7. The highest BCUT2D eigenvalue weighted by atomic mass is 32.2. The number of nitrogens with one attached hydrogen (secondary N) is 1. The van der Waals surface area contributed by atoms with Crippen LogP contribution in [0.4, 0.5) is 13.2 Å². The smallest absolute Gasteiger partial charge is 0.272 e. The monoisotopic (exact) mass is 366 g/mol. The van der Waals surface area contributed by atoms with Crippen LogP contribution in [0.3, 0.4) is 0 Å². The standard InChI is InChI=1S/C18H17F3N2OS/c1-12-6-8-16(9-7-12)25-13(2)17(24)23-22-11-14-4-3-5-15(10-14)18(19,20)21/h3-11,13H,1-2H3,(H,23,24)/b22-11-/t13-/m1/s1. The summed E-state index contributed by atoms with van der Waals surface area (Å²) in [5.74, 6) is -0.325. The van der Waals surface area contributed by atoms with E-state index in [0.29, 0.717) is 0 Å². The summed E-state index contributed by atoms with van der Waals surface area (Å²) in [7, 11) is 0. The van der Waals surface area contributed by atoms with Gasteiger partial charge in [-0.2, -0.15) is 18.3 Å². The lowest BCUT2D eigenvalue weighted by Gasteiger charge is -2.09. The Kier molecular flexibility index (Phi) is 6.25. The zero-order chi connectivity index (χ0) is 18.4. The van der Waals surface area contributed by atoms with Gasteiger partial charge in [-0.3, -0.25) is 4.79 Å². The highest BCUT2D eigenvalue weighted by molar-refractivity contribution is 8.00. The molecule has 2 rings (SSSR count). The number of hydrazone groups is 1. The lowest BCUT2D eigenvalue weighted by Crippen LogP contribution is -2.26.